The van der Waals surface area contributed by atoms with Crippen LogP contribution in [0.4, 0.5) is 0 Å². The Kier molecular flexibility index (Phi) is 6.98. The Bertz CT molecular complexity index is 1120. The van der Waals surface area contributed by atoms with Crippen molar-refractivity contribution in [3.05, 3.63) is 61.8 Å². The number of ketones is 1. The lowest BCUT2D eigenvalue weighted by molar-refractivity contribution is -0.137. The number of carbonyl (C=O) groups is 2. The molecule has 0 aliphatic heterocycles. The fourth-order valence-corrected chi connectivity index (χ4v) is 4.14. The molecule has 1 aliphatic carbocycles. The number of Topliss-reactive ketones (excluding diaryl/α,β-unsaturated/α-hetero) is 1. The van der Waals surface area contributed by atoms with Gasteiger partial charge in [-0.3, -0.25) is 23.5 Å². The molecule has 1 unspecified atom stereocenters. The number of aromatic hydroxyl groups is 1. The maximum Gasteiger partial charge on any atom is 0.334 e. The standard InChI is InChI=1S/C23H29N3O6/c1-13(2)15-10-8-14(9-11-15)12-25-20(28)17(19(27)18(24)22(30)31)21(29)26(23(25)32)16-6-4-3-5-7-16/h8-11,13,16,18,29H,3-7,12,24H2,1-2H3,(H,30,31). The second-order valence-corrected chi connectivity index (χ2v) is 8.61. The molecule has 0 amide bonds. The summed E-state index contributed by atoms with van der Waals surface area (Å²) in [6.07, 6.45) is 3.87. The summed E-state index contributed by atoms with van der Waals surface area (Å²) in [6, 6.07) is 4.98. The van der Waals surface area contributed by atoms with Crippen LogP contribution in [0.25, 0.3) is 0 Å². The van der Waals surface area contributed by atoms with Crippen molar-refractivity contribution in [1.82, 2.24) is 9.13 Å². The number of aliphatic carboxylic acids is 1. The van der Waals surface area contributed by atoms with Crippen molar-refractivity contribution < 1.29 is 19.8 Å². The van der Waals surface area contributed by atoms with Gasteiger partial charge in [0.1, 0.15) is 5.56 Å². The minimum atomic E-state index is -2.02. The highest BCUT2D eigenvalue weighted by atomic mass is 16.4. The van der Waals surface area contributed by atoms with Gasteiger partial charge in [0, 0.05) is 6.04 Å². The number of hydrogen-bond acceptors (Lipinski definition) is 6. The minimum absolute atomic E-state index is 0.119. The molecule has 3 rings (SSSR count). The first-order valence-electron chi connectivity index (χ1n) is 10.8. The van der Waals surface area contributed by atoms with Gasteiger partial charge < -0.3 is 15.9 Å². The van der Waals surface area contributed by atoms with E-state index in [9.17, 15) is 24.3 Å². The summed E-state index contributed by atoms with van der Waals surface area (Å²) in [5.41, 5.74) is 4.67. The molecule has 1 saturated carbocycles. The molecular weight excluding hydrogens is 414 g/mol. The zero-order valence-electron chi connectivity index (χ0n) is 18.3. The Morgan fingerprint density at radius 1 is 1.09 bits per heavy atom. The Morgan fingerprint density at radius 3 is 2.22 bits per heavy atom. The van der Waals surface area contributed by atoms with Crippen LogP contribution in [-0.4, -0.2) is 37.1 Å². The maximum absolute atomic E-state index is 13.3. The minimum Gasteiger partial charge on any atom is -0.494 e. The van der Waals surface area contributed by atoms with Crippen molar-refractivity contribution in [3.63, 3.8) is 0 Å². The lowest BCUT2D eigenvalue weighted by Gasteiger charge is -2.26. The Labute approximate surface area is 185 Å². The van der Waals surface area contributed by atoms with E-state index in [1.165, 1.54) is 0 Å². The van der Waals surface area contributed by atoms with Crippen LogP contribution in [0.1, 0.15) is 79.4 Å². The van der Waals surface area contributed by atoms with Gasteiger partial charge in [0.25, 0.3) is 5.56 Å². The van der Waals surface area contributed by atoms with Crippen LogP contribution in [0.15, 0.2) is 33.9 Å². The summed E-state index contributed by atoms with van der Waals surface area (Å²) in [7, 11) is 0. The number of rotatable bonds is 7. The van der Waals surface area contributed by atoms with Gasteiger partial charge in [-0.15, -0.1) is 0 Å². The topological polar surface area (TPSA) is 145 Å². The number of carbonyl (C=O) groups excluding carboxylic acids is 1. The van der Waals surface area contributed by atoms with E-state index in [0.29, 0.717) is 24.3 Å². The van der Waals surface area contributed by atoms with Crippen molar-refractivity contribution in [2.24, 2.45) is 5.73 Å². The number of carboxylic acids is 1. The average Bonchev–Trinajstić information content (AvgIpc) is 2.77. The highest BCUT2D eigenvalue weighted by molar-refractivity contribution is 6.12. The molecule has 0 bridgehead atoms. The number of benzene rings is 1. The zero-order valence-corrected chi connectivity index (χ0v) is 18.3. The van der Waals surface area contributed by atoms with Gasteiger partial charge in [-0.05, 0) is 29.9 Å². The van der Waals surface area contributed by atoms with Crippen LogP contribution >= 0.6 is 0 Å². The van der Waals surface area contributed by atoms with Crippen LogP contribution in [0.3, 0.4) is 0 Å². The summed E-state index contributed by atoms with van der Waals surface area (Å²) >= 11 is 0. The third-order valence-corrected chi connectivity index (χ3v) is 6.07. The van der Waals surface area contributed by atoms with Crippen LogP contribution < -0.4 is 17.0 Å². The molecule has 172 valence electrons. The number of aromatic nitrogens is 2. The van der Waals surface area contributed by atoms with Gasteiger partial charge in [0.15, 0.2) is 6.04 Å². The van der Waals surface area contributed by atoms with Crippen LogP contribution in [0, 0.1) is 0 Å². The molecule has 0 saturated heterocycles. The maximum atomic E-state index is 13.3. The fraction of sp³-hybridized carbons (Fsp3) is 0.478. The van der Waals surface area contributed by atoms with Crippen molar-refractivity contribution in [3.8, 4) is 5.88 Å². The van der Waals surface area contributed by atoms with E-state index in [1.807, 2.05) is 26.0 Å². The van der Waals surface area contributed by atoms with Crippen LogP contribution in [-0.2, 0) is 11.3 Å². The largest absolute Gasteiger partial charge is 0.494 e. The van der Waals surface area contributed by atoms with Crippen LogP contribution in [0.2, 0.25) is 0 Å². The fourth-order valence-electron chi connectivity index (χ4n) is 4.14. The average molecular weight is 444 g/mol. The number of hydrogen-bond donors (Lipinski definition) is 3. The van der Waals surface area contributed by atoms with E-state index in [4.69, 9.17) is 10.8 Å². The molecule has 1 atom stereocenters. The summed E-state index contributed by atoms with van der Waals surface area (Å²) in [5, 5.41) is 19.9. The Balaban J connectivity index is 2.17. The van der Waals surface area contributed by atoms with Gasteiger partial charge in [0.05, 0.1) is 6.54 Å². The predicted octanol–water partition coefficient (Wildman–Crippen LogP) is 1.99. The second-order valence-electron chi connectivity index (χ2n) is 8.61. The van der Waals surface area contributed by atoms with Gasteiger partial charge >= 0.3 is 11.7 Å². The predicted molar refractivity (Wildman–Crippen MR) is 118 cm³/mol. The van der Waals surface area contributed by atoms with Crippen molar-refractivity contribution >= 4 is 11.8 Å². The first-order valence-corrected chi connectivity index (χ1v) is 10.8. The molecule has 4 N–H and O–H groups in total. The smallest absolute Gasteiger partial charge is 0.334 e. The van der Waals surface area contributed by atoms with Crippen molar-refractivity contribution in [1.29, 1.82) is 0 Å². The molecule has 1 aliphatic rings. The summed E-state index contributed by atoms with van der Waals surface area (Å²) in [6.45, 7) is 3.98. The van der Waals surface area contributed by atoms with Gasteiger partial charge in [-0.2, -0.15) is 0 Å². The molecule has 32 heavy (non-hydrogen) atoms. The summed E-state index contributed by atoms with van der Waals surface area (Å²) in [4.78, 5) is 50.3. The molecule has 2 aromatic rings. The molecule has 1 aromatic carbocycles. The molecule has 1 aromatic heterocycles. The third kappa shape index (κ3) is 4.52. The molecule has 0 spiro atoms. The van der Waals surface area contributed by atoms with E-state index in [-0.39, 0.29) is 12.6 Å². The number of nitrogens with two attached hydrogens (primary N) is 1. The SMILES string of the molecule is CC(C)c1ccc(Cn2c(=O)c(C(=O)C(N)C(=O)O)c(O)n(C3CCCCC3)c2=O)cc1. The molecule has 9 heteroatoms. The highest BCUT2D eigenvalue weighted by Crippen LogP contribution is 2.30. The third-order valence-electron chi connectivity index (χ3n) is 6.07. The Hall–Kier alpha value is -3.20. The molecule has 1 fully saturated rings. The van der Waals surface area contributed by atoms with Gasteiger partial charge in [-0.25, -0.2) is 4.79 Å². The van der Waals surface area contributed by atoms with E-state index < -0.39 is 40.5 Å². The van der Waals surface area contributed by atoms with E-state index in [1.54, 1.807) is 12.1 Å². The van der Waals surface area contributed by atoms with E-state index in [0.717, 1.165) is 34.0 Å². The number of carboxylic acid groups (broad SMARTS) is 1. The quantitative estimate of drug-likeness (QED) is 0.438. The van der Waals surface area contributed by atoms with Gasteiger partial charge in [-0.1, -0.05) is 57.4 Å². The first-order chi connectivity index (χ1) is 15.1. The second kappa shape index (κ2) is 9.52. The van der Waals surface area contributed by atoms with Crippen LogP contribution in [0.5, 0.6) is 5.88 Å². The summed E-state index contributed by atoms with van der Waals surface area (Å²) < 4.78 is 1.94. The van der Waals surface area contributed by atoms with Crippen molar-refractivity contribution in [2.45, 2.75) is 70.5 Å². The zero-order chi connectivity index (χ0) is 23.6. The number of nitrogens with zero attached hydrogens (tertiary/aromatic N) is 2. The summed E-state index contributed by atoms with van der Waals surface area (Å²) in [5.74, 6) is -3.35. The lowest BCUT2D eigenvalue weighted by Crippen LogP contribution is -2.48. The lowest BCUT2D eigenvalue weighted by atomic mass is 9.95. The molecule has 1 heterocycles. The van der Waals surface area contributed by atoms with E-state index in [2.05, 4.69) is 0 Å². The van der Waals surface area contributed by atoms with Crippen molar-refractivity contribution in [2.75, 3.05) is 0 Å². The molecule has 9 nitrogen and oxygen atoms in total. The first kappa shape index (κ1) is 23.5. The Morgan fingerprint density at radius 2 is 1.69 bits per heavy atom. The molecule has 0 radical (unpaired) electrons. The van der Waals surface area contributed by atoms with E-state index >= 15 is 0 Å². The molecular formula is C23H29N3O6. The van der Waals surface area contributed by atoms with Gasteiger partial charge in [0.2, 0.25) is 11.7 Å². The highest BCUT2D eigenvalue weighted by Gasteiger charge is 2.33. The monoisotopic (exact) mass is 443 g/mol. The normalized spacial score (nSPS) is 15.6.